The zero-order valence-electron chi connectivity index (χ0n) is 15.6. The molecule has 1 aromatic carbocycles. The van der Waals surface area contributed by atoms with Gasteiger partial charge in [-0.25, -0.2) is 0 Å². The molecule has 0 aromatic heterocycles. The molecule has 1 aliphatic heterocycles. The number of carbonyl (C=O) groups is 1. The van der Waals surface area contributed by atoms with Crippen LogP contribution in [0.25, 0.3) is 0 Å². The van der Waals surface area contributed by atoms with Crippen LogP contribution in [0.2, 0.25) is 0 Å². The van der Waals surface area contributed by atoms with E-state index in [4.69, 9.17) is 0 Å². The summed E-state index contributed by atoms with van der Waals surface area (Å²) < 4.78 is 0. The number of benzene rings is 1. The summed E-state index contributed by atoms with van der Waals surface area (Å²) in [6.07, 6.45) is 9.51. The van der Waals surface area contributed by atoms with Crippen molar-refractivity contribution in [2.45, 2.75) is 64.0 Å². The van der Waals surface area contributed by atoms with Crippen molar-refractivity contribution in [2.24, 2.45) is 5.92 Å². The van der Waals surface area contributed by atoms with Crippen LogP contribution in [0.3, 0.4) is 0 Å². The van der Waals surface area contributed by atoms with Crippen molar-refractivity contribution in [3.05, 3.63) is 29.8 Å². The van der Waals surface area contributed by atoms with E-state index in [1.807, 2.05) is 12.1 Å². The first kappa shape index (κ1) is 18.4. The average molecular weight is 344 g/mol. The number of nitrogens with one attached hydrogen (secondary N) is 2. The van der Waals surface area contributed by atoms with Crippen LogP contribution in [-0.4, -0.2) is 37.0 Å². The summed E-state index contributed by atoms with van der Waals surface area (Å²) >= 11 is 0. The van der Waals surface area contributed by atoms with E-state index in [1.165, 1.54) is 44.1 Å². The van der Waals surface area contributed by atoms with Crippen LogP contribution in [0.4, 0.5) is 5.69 Å². The molecule has 2 fully saturated rings. The van der Waals surface area contributed by atoms with Gasteiger partial charge in [0.15, 0.2) is 0 Å². The van der Waals surface area contributed by atoms with Crippen LogP contribution >= 0.6 is 0 Å². The first-order valence-corrected chi connectivity index (χ1v) is 10.0. The van der Waals surface area contributed by atoms with Crippen molar-refractivity contribution in [3.8, 4) is 0 Å². The molecule has 1 heterocycles. The predicted molar refractivity (Wildman–Crippen MR) is 104 cm³/mol. The Kier molecular flexibility index (Phi) is 6.88. The molecule has 25 heavy (non-hydrogen) atoms. The van der Waals surface area contributed by atoms with Crippen LogP contribution in [0.5, 0.6) is 0 Å². The number of hydrogen-bond donors (Lipinski definition) is 2. The Morgan fingerprint density at radius 2 is 2.00 bits per heavy atom. The predicted octanol–water partition coefficient (Wildman–Crippen LogP) is 3.78. The van der Waals surface area contributed by atoms with Crippen molar-refractivity contribution in [2.75, 3.05) is 25.5 Å². The number of carbonyl (C=O) groups excluding carboxylic acids is 1. The molecular weight excluding hydrogens is 310 g/mol. The Balaban J connectivity index is 1.53. The summed E-state index contributed by atoms with van der Waals surface area (Å²) in [7, 11) is 2.22. The first-order chi connectivity index (χ1) is 12.2. The Morgan fingerprint density at radius 1 is 1.20 bits per heavy atom. The molecule has 1 aliphatic carbocycles. The van der Waals surface area contributed by atoms with Crippen molar-refractivity contribution in [3.63, 3.8) is 0 Å². The van der Waals surface area contributed by atoms with Crippen molar-refractivity contribution < 1.29 is 4.79 Å². The number of nitrogens with zero attached hydrogens (tertiary/aromatic N) is 1. The number of amides is 1. The fraction of sp³-hybridized carbons (Fsp3) is 0.667. The second-order valence-corrected chi connectivity index (χ2v) is 7.81. The molecule has 2 aliphatic rings. The van der Waals surface area contributed by atoms with Gasteiger partial charge in [0.1, 0.15) is 0 Å². The van der Waals surface area contributed by atoms with Gasteiger partial charge in [-0.2, -0.15) is 0 Å². The summed E-state index contributed by atoms with van der Waals surface area (Å²) in [4.78, 5) is 14.8. The maximum absolute atomic E-state index is 12.4. The zero-order chi connectivity index (χ0) is 17.5. The topological polar surface area (TPSA) is 44.4 Å². The molecule has 1 saturated carbocycles. The van der Waals surface area contributed by atoms with Gasteiger partial charge >= 0.3 is 0 Å². The smallest absolute Gasteiger partial charge is 0.224 e. The summed E-state index contributed by atoms with van der Waals surface area (Å²) in [6.45, 7) is 3.08. The Bertz CT molecular complexity index is 548. The van der Waals surface area contributed by atoms with Crippen LogP contribution in [-0.2, 0) is 11.3 Å². The molecular formula is C21H33N3O. The van der Waals surface area contributed by atoms with Crippen LogP contribution in [0, 0.1) is 5.92 Å². The maximum atomic E-state index is 12.4. The molecule has 138 valence electrons. The average Bonchev–Trinajstić information content (AvgIpc) is 3.16. The molecule has 1 saturated heterocycles. The van der Waals surface area contributed by atoms with Gasteiger partial charge < -0.3 is 10.6 Å². The van der Waals surface area contributed by atoms with E-state index >= 15 is 0 Å². The lowest BCUT2D eigenvalue weighted by atomic mass is 9.94. The molecule has 0 spiro atoms. The van der Waals surface area contributed by atoms with Crippen LogP contribution in [0.15, 0.2) is 24.3 Å². The minimum atomic E-state index is 0.152. The normalized spacial score (nSPS) is 21.6. The first-order valence-electron chi connectivity index (χ1n) is 10.0. The summed E-state index contributed by atoms with van der Waals surface area (Å²) in [5, 5.41) is 6.53. The van der Waals surface area contributed by atoms with E-state index in [0.717, 1.165) is 31.7 Å². The van der Waals surface area contributed by atoms with Gasteiger partial charge in [0.2, 0.25) is 5.91 Å². The quantitative estimate of drug-likeness (QED) is 0.792. The summed E-state index contributed by atoms with van der Waals surface area (Å²) in [5.41, 5.74) is 2.21. The van der Waals surface area contributed by atoms with E-state index < -0.39 is 0 Å². The number of para-hydroxylation sites is 1. The highest BCUT2D eigenvalue weighted by Crippen LogP contribution is 2.25. The van der Waals surface area contributed by atoms with Gasteiger partial charge in [0.25, 0.3) is 0 Å². The van der Waals surface area contributed by atoms with Gasteiger partial charge in [0, 0.05) is 24.7 Å². The van der Waals surface area contributed by atoms with Gasteiger partial charge in [-0.15, -0.1) is 0 Å². The maximum Gasteiger partial charge on any atom is 0.224 e. The molecule has 1 unspecified atom stereocenters. The standard InChI is InChI=1S/C21H33N3O/c1-24(19-8-3-2-4-9-19)16-18-7-5-6-10-20(18)23-21(25)12-11-17-13-14-22-15-17/h5-7,10,17,19,22H,2-4,8-9,11-16H2,1H3,(H,23,25). The lowest BCUT2D eigenvalue weighted by Crippen LogP contribution is -2.33. The van der Waals surface area contributed by atoms with Crippen molar-refractivity contribution >= 4 is 11.6 Å². The second kappa shape index (κ2) is 9.35. The summed E-state index contributed by atoms with van der Waals surface area (Å²) in [6, 6.07) is 8.96. The lowest BCUT2D eigenvalue weighted by molar-refractivity contribution is -0.116. The minimum absolute atomic E-state index is 0.152. The molecule has 1 amide bonds. The number of hydrogen-bond acceptors (Lipinski definition) is 3. The van der Waals surface area contributed by atoms with E-state index in [1.54, 1.807) is 0 Å². The minimum Gasteiger partial charge on any atom is -0.326 e. The molecule has 0 bridgehead atoms. The highest BCUT2D eigenvalue weighted by atomic mass is 16.1. The van der Waals surface area contributed by atoms with Crippen molar-refractivity contribution in [1.82, 2.24) is 10.2 Å². The molecule has 0 radical (unpaired) electrons. The third kappa shape index (κ3) is 5.55. The third-order valence-electron chi connectivity index (χ3n) is 5.85. The Morgan fingerprint density at radius 3 is 2.76 bits per heavy atom. The Hall–Kier alpha value is -1.39. The van der Waals surface area contributed by atoms with E-state index in [9.17, 15) is 4.79 Å². The molecule has 4 nitrogen and oxygen atoms in total. The molecule has 2 N–H and O–H groups in total. The fourth-order valence-corrected chi connectivity index (χ4v) is 4.21. The lowest BCUT2D eigenvalue weighted by Gasteiger charge is -2.31. The van der Waals surface area contributed by atoms with E-state index in [-0.39, 0.29) is 5.91 Å². The molecule has 1 aromatic rings. The third-order valence-corrected chi connectivity index (χ3v) is 5.85. The fourth-order valence-electron chi connectivity index (χ4n) is 4.21. The zero-order valence-corrected chi connectivity index (χ0v) is 15.6. The highest BCUT2D eigenvalue weighted by Gasteiger charge is 2.19. The number of rotatable bonds is 7. The van der Waals surface area contributed by atoms with E-state index in [0.29, 0.717) is 18.4 Å². The van der Waals surface area contributed by atoms with Crippen LogP contribution < -0.4 is 10.6 Å². The second-order valence-electron chi connectivity index (χ2n) is 7.81. The summed E-state index contributed by atoms with van der Waals surface area (Å²) in [5.74, 6) is 0.818. The van der Waals surface area contributed by atoms with Crippen molar-refractivity contribution in [1.29, 1.82) is 0 Å². The van der Waals surface area contributed by atoms with Gasteiger partial charge in [-0.1, -0.05) is 37.5 Å². The monoisotopic (exact) mass is 343 g/mol. The largest absolute Gasteiger partial charge is 0.326 e. The molecule has 3 rings (SSSR count). The van der Waals surface area contributed by atoms with Crippen LogP contribution in [0.1, 0.15) is 56.9 Å². The molecule has 1 atom stereocenters. The SMILES string of the molecule is CN(Cc1ccccc1NC(=O)CCC1CCNC1)C1CCCCC1. The van der Waals surface area contributed by atoms with Gasteiger partial charge in [-0.05, 0) is 63.4 Å². The Labute approximate surface area is 152 Å². The van der Waals surface area contributed by atoms with Gasteiger partial charge in [0.05, 0.1) is 0 Å². The van der Waals surface area contributed by atoms with Gasteiger partial charge in [-0.3, -0.25) is 9.69 Å². The van der Waals surface area contributed by atoms with E-state index in [2.05, 4.69) is 34.7 Å². The highest BCUT2D eigenvalue weighted by molar-refractivity contribution is 5.91. The number of anilines is 1. The molecule has 4 heteroatoms.